The van der Waals surface area contributed by atoms with Crippen LogP contribution in [0.15, 0.2) is 41.7 Å². The largest absolute Gasteiger partial charge is 0.508 e. The van der Waals surface area contributed by atoms with Crippen LogP contribution in [-0.4, -0.2) is 29.2 Å². The first-order chi connectivity index (χ1) is 12.4. The van der Waals surface area contributed by atoms with Crippen molar-refractivity contribution in [1.29, 1.82) is 0 Å². The summed E-state index contributed by atoms with van der Waals surface area (Å²) in [6.45, 7) is 3.96. The Bertz CT molecular complexity index is 812. The minimum Gasteiger partial charge on any atom is -0.508 e. The number of Topliss-reactive ketones (excluding diaryl/α,β-unsaturated/α-hetero) is 1. The van der Waals surface area contributed by atoms with Crippen LogP contribution in [0.2, 0.25) is 0 Å². The highest BCUT2D eigenvalue weighted by Crippen LogP contribution is 2.44. The number of hydrogen-bond acceptors (Lipinski definition) is 5. The number of hydrogen-bond donors (Lipinski definition) is 2. The number of carbonyl (C=O) groups is 1. The molecule has 1 aromatic rings. The van der Waals surface area contributed by atoms with Crippen molar-refractivity contribution >= 4 is 5.78 Å². The zero-order valence-electron chi connectivity index (χ0n) is 15.3. The summed E-state index contributed by atoms with van der Waals surface area (Å²) >= 11 is 0. The van der Waals surface area contributed by atoms with Crippen molar-refractivity contribution in [2.45, 2.75) is 39.2 Å². The number of fused-ring (bicyclic) bond motifs is 1. The van der Waals surface area contributed by atoms with Crippen LogP contribution in [0, 0.1) is 5.92 Å². The number of benzene rings is 1. The number of ether oxygens (including phenoxy) is 2. The molecule has 5 heteroatoms. The molecule has 0 fully saturated rings. The number of phenols is 1. The van der Waals surface area contributed by atoms with Crippen LogP contribution < -0.4 is 9.47 Å². The predicted molar refractivity (Wildman–Crippen MR) is 99.1 cm³/mol. The highest BCUT2D eigenvalue weighted by Gasteiger charge is 2.36. The van der Waals surface area contributed by atoms with Gasteiger partial charge in [-0.2, -0.15) is 0 Å². The van der Waals surface area contributed by atoms with Crippen LogP contribution >= 0.6 is 0 Å². The Kier molecular flexibility index (Phi) is 5.07. The van der Waals surface area contributed by atoms with Gasteiger partial charge in [-0.15, -0.1) is 0 Å². The van der Waals surface area contributed by atoms with Gasteiger partial charge in [-0.1, -0.05) is 17.7 Å². The lowest BCUT2D eigenvalue weighted by Crippen LogP contribution is -2.34. The molecule has 3 rings (SSSR count). The molecule has 0 saturated heterocycles. The van der Waals surface area contributed by atoms with Crippen LogP contribution in [0.3, 0.4) is 0 Å². The Morgan fingerprint density at radius 2 is 2.15 bits per heavy atom. The summed E-state index contributed by atoms with van der Waals surface area (Å²) in [7, 11) is 1.47. The van der Waals surface area contributed by atoms with Gasteiger partial charge in [-0.25, -0.2) is 0 Å². The van der Waals surface area contributed by atoms with Gasteiger partial charge in [0.1, 0.15) is 34.7 Å². The highest BCUT2D eigenvalue weighted by atomic mass is 16.5. The van der Waals surface area contributed by atoms with Crippen molar-refractivity contribution in [2.24, 2.45) is 5.92 Å². The van der Waals surface area contributed by atoms with Crippen LogP contribution in [0.25, 0.3) is 0 Å². The maximum absolute atomic E-state index is 12.8. The molecule has 1 aliphatic carbocycles. The van der Waals surface area contributed by atoms with Gasteiger partial charge < -0.3 is 19.7 Å². The van der Waals surface area contributed by atoms with E-state index in [1.807, 2.05) is 26.0 Å². The first-order valence-electron chi connectivity index (χ1n) is 8.74. The predicted octanol–water partition coefficient (Wildman–Crippen LogP) is 4.26. The molecule has 26 heavy (non-hydrogen) atoms. The molecule has 1 heterocycles. The Morgan fingerprint density at radius 3 is 2.77 bits per heavy atom. The third kappa shape index (κ3) is 3.47. The molecule has 5 nitrogen and oxygen atoms in total. The number of ketones is 1. The molecule has 0 bridgehead atoms. The number of aliphatic hydroxyl groups is 1. The standard InChI is InChI=1S/C21H24O5/c1-12(2)4-9-15-16(23)10-19(25-3)20-17(24)11-18(26-21(15)20)13-5-7-14(22)8-6-13/h4-5,7-8,10,13,18,22-23H,6,9,11H2,1-3H3/t13?,18-/m0/s1. The molecule has 1 aliphatic heterocycles. The zero-order chi connectivity index (χ0) is 18.8. The van der Waals surface area contributed by atoms with Gasteiger partial charge in [0.15, 0.2) is 5.78 Å². The summed E-state index contributed by atoms with van der Waals surface area (Å²) in [5.41, 5.74) is 2.11. The minimum atomic E-state index is -0.340. The van der Waals surface area contributed by atoms with E-state index >= 15 is 0 Å². The summed E-state index contributed by atoms with van der Waals surface area (Å²) in [4.78, 5) is 12.8. The molecule has 2 aliphatic rings. The van der Waals surface area contributed by atoms with E-state index in [1.54, 1.807) is 12.2 Å². The Labute approximate surface area is 153 Å². The van der Waals surface area contributed by atoms with Crippen molar-refractivity contribution in [1.82, 2.24) is 0 Å². The van der Waals surface area contributed by atoms with Gasteiger partial charge in [-0.05, 0) is 38.8 Å². The average Bonchev–Trinajstić information content (AvgIpc) is 2.60. The second-order valence-electron chi connectivity index (χ2n) is 6.94. The number of carbonyl (C=O) groups excluding carboxylic acids is 1. The van der Waals surface area contributed by atoms with Crippen LogP contribution in [0.4, 0.5) is 0 Å². The lowest BCUT2D eigenvalue weighted by Gasteiger charge is -2.32. The molecule has 0 radical (unpaired) electrons. The van der Waals surface area contributed by atoms with E-state index in [0.717, 1.165) is 5.57 Å². The van der Waals surface area contributed by atoms with Crippen molar-refractivity contribution in [3.63, 3.8) is 0 Å². The van der Waals surface area contributed by atoms with Crippen molar-refractivity contribution in [2.75, 3.05) is 7.11 Å². The maximum atomic E-state index is 12.8. The number of phenolic OH excluding ortho intramolecular Hbond substituents is 1. The molecule has 138 valence electrons. The Balaban J connectivity index is 2.02. The van der Waals surface area contributed by atoms with Gasteiger partial charge in [0.05, 0.1) is 7.11 Å². The fourth-order valence-corrected chi connectivity index (χ4v) is 3.34. The zero-order valence-corrected chi connectivity index (χ0v) is 15.3. The summed E-state index contributed by atoms with van der Waals surface area (Å²) in [6.07, 6.45) is 8.18. The topological polar surface area (TPSA) is 76.0 Å². The molecular formula is C21H24O5. The quantitative estimate of drug-likeness (QED) is 0.788. The first kappa shape index (κ1) is 18.1. The number of methoxy groups -OCH3 is 1. The highest BCUT2D eigenvalue weighted by molar-refractivity contribution is 6.03. The minimum absolute atomic E-state index is 0.00681. The number of rotatable bonds is 4. The van der Waals surface area contributed by atoms with E-state index in [4.69, 9.17) is 9.47 Å². The second-order valence-corrected chi connectivity index (χ2v) is 6.94. The van der Waals surface area contributed by atoms with Crippen LogP contribution in [0.5, 0.6) is 17.2 Å². The van der Waals surface area contributed by atoms with Crippen molar-refractivity contribution in [3.05, 3.63) is 52.8 Å². The maximum Gasteiger partial charge on any atom is 0.174 e. The lowest BCUT2D eigenvalue weighted by molar-refractivity contribution is 0.0772. The molecule has 0 spiro atoms. The van der Waals surface area contributed by atoms with Gasteiger partial charge in [0.25, 0.3) is 0 Å². The molecule has 2 N–H and O–H groups in total. The Hall–Kier alpha value is -2.69. The summed E-state index contributed by atoms with van der Waals surface area (Å²) < 4.78 is 11.5. The molecule has 1 unspecified atom stereocenters. The van der Waals surface area contributed by atoms with E-state index in [0.29, 0.717) is 35.5 Å². The van der Waals surface area contributed by atoms with Crippen LogP contribution in [0.1, 0.15) is 42.6 Å². The van der Waals surface area contributed by atoms with Crippen molar-refractivity contribution < 1.29 is 24.5 Å². The summed E-state index contributed by atoms with van der Waals surface area (Å²) in [6, 6.07) is 1.48. The summed E-state index contributed by atoms with van der Waals surface area (Å²) in [5.74, 6) is 0.966. The molecule has 0 aromatic heterocycles. The second kappa shape index (κ2) is 7.28. The summed E-state index contributed by atoms with van der Waals surface area (Å²) in [5, 5.41) is 20.0. The van der Waals surface area contributed by atoms with Gasteiger partial charge in [0.2, 0.25) is 0 Å². The van der Waals surface area contributed by atoms with Crippen LogP contribution in [-0.2, 0) is 6.42 Å². The normalized spacial score (nSPS) is 21.5. The fraction of sp³-hybridized carbons (Fsp3) is 0.381. The molecule has 0 saturated carbocycles. The average molecular weight is 356 g/mol. The van der Waals surface area contributed by atoms with Gasteiger partial charge >= 0.3 is 0 Å². The van der Waals surface area contributed by atoms with E-state index in [9.17, 15) is 15.0 Å². The lowest BCUT2D eigenvalue weighted by atomic mass is 9.86. The molecular weight excluding hydrogens is 332 g/mol. The molecule has 1 aromatic carbocycles. The Morgan fingerprint density at radius 1 is 1.38 bits per heavy atom. The smallest absolute Gasteiger partial charge is 0.174 e. The third-order valence-corrected chi connectivity index (χ3v) is 4.78. The SMILES string of the molecule is COc1cc(O)c(CC=C(C)C)c2c1C(=O)C[C@@H](C1C=CC(O)=CC1)O2. The number of aromatic hydroxyl groups is 1. The molecule has 2 atom stereocenters. The third-order valence-electron chi connectivity index (χ3n) is 4.78. The monoisotopic (exact) mass is 356 g/mol. The van der Waals surface area contributed by atoms with E-state index in [2.05, 4.69) is 0 Å². The fourth-order valence-electron chi connectivity index (χ4n) is 3.34. The van der Waals surface area contributed by atoms with E-state index in [1.165, 1.54) is 13.2 Å². The number of aliphatic hydroxyl groups excluding tert-OH is 1. The van der Waals surface area contributed by atoms with Gasteiger partial charge in [-0.3, -0.25) is 4.79 Å². The number of allylic oxidation sites excluding steroid dienone is 4. The van der Waals surface area contributed by atoms with Crippen molar-refractivity contribution in [3.8, 4) is 17.2 Å². The van der Waals surface area contributed by atoms with E-state index < -0.39 is 0 Å². The van der Waals surface area contributed by atoms with Gasteiger partial charge in [0, 0.05) is 24.0 Å². The molecule has 0 amide bonds. The van der Waals surface area contributed by atoms with E-state index in [-0.39, 0.29) is 35.7 Å². The first-order valence-corrected chi connectivity index (χ1v) is 8.74.